The van der Waals surface area contributed by atoms with E-state index in [9.17, 15) is 9.59 Å². The molecule has 1 aromatic heterocycles. The fourth-order valence-corrected chi connectivity index (χ4v) is 2.44. The molecule has 0 aliphatic heterocycles. The molecule has 0 saturated heterocycles. The Bertz CT molecular complexity index is 730. The van der Waals surface area contributed by atoms with Crippen LogP contribution in [0.5, 0.6) is 5.75 Å². The van der Waals surface area contributed by atoms with E-state index in [1.165, 1.54) is 6.92 Å². The minimum atomic E-state index is -0.607. The zero-order chi connectivity index (χ0) is 18.3. The maximum Gasteiger partial charge on any atom is 0.226 e. The highest BCUT2D eigenvalue weighted by molar-refractivity contribution is 5.92. The summed E-state index contributed by atoms with van der Waals surface area (Å²) in [5.74, 6) is 0.314. The fraction of sp³-hybridized carbons (Fsp3) is 0.316. The second-order valence-electron chi connectivity index (χ2n) is 6.47. The van der Waals surface area contributed by atoms with Crippen molar-refractivity contribution >= 4 is 17.5 Å². The zero-order valence-electron chi connectivity index (χ0n) is 14.7. The van der Waals surface area contributed by atoms with Gasteiger partial charge in [0.1, 0.15) is 12.4 Å². The average molecular weight is 341 g/mol. The molecule has 25 heavy (non-hydrogen) atoms. The van der Waals surface area contributed by atoms with Crippen LogP contribution in [0, 0.1) is 0 Å². The third-order valence-electron chi connectivity index (χ3n) is 3.36. The van der Waals surface area contributed by atoms with E-state index in [0.29, 0.717) is 18.0 Å². The number of hydrogen-bond acceptors (Lipinski definition) is 4. The van der Waals surface area contributed by atoms with Crippen LogP contribution in [0.15, 0.2) is 48.8 Å². The summed E-state index contributed by atoms with van der Waals surface area (Å²) in [6, 6.07) is 11.0. The van der Waals surface area contributed by atoms with Crippen molar-refractivity contribution in [3.8, 4) is 5.75 Å². The summed E-state index contributed by atoms with van der Waals surface area (Å²) in [6.45, 7) is 5.45. The first-order valence-corrected chi connectivity index (χ1v) is 8.04. The molecule has 0 aliphatic rings. The number of carbonyl (C=O) groups is 2. The molecule has 6 nitrogen and oxygen atoms in total. The van der Waals surface area contributed by atoms with Crippen LogP contribution < -0.4 is 15.4 Å². The summed E-state index contributed by atoms with van der Waals surface area (Å²) in [7, 11) is 0. The first-order chi connectivity index (χ1) is 11.8. The SMILES string of the molecule is CC(=O)NC(C)(C)CC(=O)Nc1cccc(OCc2cccnc2)c1. The summed E-state index contributed by atoms with van der Waals surface area (Å²) < 4.78 is 5.72. The Morgan fingerprint density at radius 1 is 1.20 bits per heavy atom. The molecule has 0 saturated carbocycles. The number of benzene rings is 1. The Morgan fingerprint density at radius 3 is 2.68 bits per heavy atom. The minimum Gasteiger partial charge on any atom is -0.489 e. The van der Waals surface area contributed by atoms with Gasteiger partial charge >= 0.3 is 0 Å². The number of hydrogen-bond donors (Lipinski definition) is 2. The standard InChI is InChI=1S/C19H23N3O3/c1-14(23)22-19(2,3)11-18(24)21-16-7-4-8-17(10-16)25-13-15-6-5-9-20-12-15/h4-10,12H,11,13H2,1-3H3,(H,21,24)(H,22,23). The molecular weight excluding hydrogens is 318 g/mol. The van der Waals surface area contributed by atoms with Gasteiger partial charge in [0.25, 0.3) is 0 Å². The van der Waals surface area contributed by atoms with E-state index in [0.717, 1.165) is 5.56 Å². The van der Waals surface area contributed by atoms with Crippen molar-refractivity contribution < 1.29 is 14.3 Å². The number of carbonyl (C=O) groups excluding carboxylic acids is 2. The van der Waals surface area contributed by atoms with Gasteiger partial charge in [0.05, 0.1) is 0 Å². The number of aromatic nitrogens is 1. The average Bonchev–Trinajstić information content (AvgIpc) is 2.52. The summed E-state index contributed by atoms with van der Waals surface area (Å²) in [6.07, 6.45) is 3.63. The lowest BCUT2D eigenvalue weighted by Crippen LogP contribution is -2.44. The highest BCUT2D eigenvalue weighted by Gasteiger charge is 2.22. The third-order valence-corrected chi connectivity index (χ3v) is 3.36. The van der Waals surface area contributed by atoms with E-state index < -0.39 is 5.54 Å². The molecule has 0 fully saturated rings. The van der Waals surface area contributed by atoms with Gasteiger partial charge in [0.2, 0.25) is 11.8 Å². The van der Waals surface area contributed by atoms with Crippen molar-refractivity contribution in [3.05, 3.63) is 54.4 Å². The maximum atomic E-state index is 12.2. The van der Waals surface area contributed by atoms with E-state index in [2.05, 4.69) is 15.6 Å². The first-order valence-electron chi connectivity index (χ1n) is 8.04. The number of amides is 2. The Hall–Kier alpha value is -2.89. The van der Waals surface area contributed by atoms with E-state index in [-0.39, 0.29) is 18.2 Å². The molecule has 6 heteroatoms. The van der Waals surface area contributed by atoms with Crippen LogP contribution in [-0.2, 0) is 16.2 Å². The van der Waals surface area contributed by atoms with Gasteiger partial charge in [-0.2, -0.15) is 0 Å². The predicted octanol–water partition coefficient (Wildman–Crippen LogP) is 2.90. The Labute approximate surface area is 147 Å². The molecule has 0 atom stereocenters. The van der Waals surface area contributed by atoms with Crippen LogP contribution in [0.3, 0.4) is 0 Å². The molecule has 2 aromatic rings. The second kappa shape index (κ2) is 8.28. The van der Waals surface area contributed by atoms with Crippen molar-refractivity contribution in [2.24, 2.45) is 0 Å². The third kappa shape index (κ3) is 6.63. The molecule has 0 unspecified atom stereocenters. The molecule has 2 N–H and O–H groups in total. The number of rotatable bonds is 7. The highest BCUT2D eigenvalue weighted by Crippen LogP contribution is 2.19. The largest absolute Gasteiger partial charge is 0.489 e. The van der Waals surface area contributed by atoms with Gasteiger partial charge in [-0.15, -0.1) is 0 Å². The lowest BCUT2D eigenvalue weighted by molar-refractivity contribution is -0.121. The minimum absolute atomic E-state index is 0.163. The summed E-state index contributed by atoms with van der Waals surface area (Å²) in [4.78, 5) is 27.4. The molecule has 0 aliphatic carbocycles. The molecule has 0 radical (unpaired) electrons. The molecule has 2 rings (SSSR count). The number of nitrogens with zero attached hydrogens (tertiary/aromatic N) is 1. The van der Waals surface area contributed by atoms with E-state index in [1.807, 2.05) is 24.3 Å². The number of nitrogens with one attached hydrogen (secondary N) is 2. The molecule has 1 heterocycles. The van der Waals surface area contributed by atoms with Crippen LogP contribution >= 0.6 is 0 Å². The molecular formula is C19H23N3O3. The van der Waals surface area contributed by atoms with Gasteiger partial charge in [-0.3, -0.25) is 14.6 Å². The van der Waals surface area contributed by atoms with Gasteiger partial charge in [0, 0.05) is 48.6 Å². The van der Waals surface area contributed by atoms with Crippen molar-refractivity contribution in [2.45, 2.75) is 39.3 Å². The zero-order valence-corrected chi connectivity index (χ0v) is 14.7. The van der Waals surface area contributed by atoms with Gasteiger partial charge in [0.15, 0.2) is 0 Å². The Morgan fingerprint density at radius 2 is 2.00 bits per heavy atom. The first kappa shape index (κ1) is 18.4. The molecule has 132 valence electrons. The van der Waals surface area contributed by atoms with Crippen molar-refractivity contribution in [1.29, 1.82) is 0 Å². The van der Waals surface area contributed by atoms with Crippen LogP contribution in [0.2, 0.25) is 0 Å². The monoisotopic (exact) mass is 341 g/mol. The predicted molar refractivity (Wildman–Crippen MR) is 96.2 cm³/mol. The smallest absolute Gasteiger partial charge is 0.226 e. The molecule has 2 amide bonds. The van der Waals surface area contributed by atoms with Crippen LogP contribution in [0.25, 0.3) is 0 Å². The van der Waals surface area contributed by atoms with Crippen LogP contribution in [0.4, 0.5) is 5.69 Å². The highest BCUT2D eigenvalue weighted by atomic mass is 16.5. The molecule has 0 spiro atoms. The normalized spacial score (nSPS) is 10.8. The number of anilines is 1. The maximum absolute atomic E-state index is 12.2. The van der Waals surface area contributed by atoms with Crippen molar-refractivity contribution in [1.82, 2.24) is 10.3 Å². The molecule has 0 bridgehead atoms. The summed E-state index contributed by atoms with van der Waals surface area (Å²) in [5, 5.41) is 5.58. The second-order valence-corrected chi connectivity index (χ2v) is 6.47. The lowest BCUT2D eigenvalue weighted by Gasteiger charge is -2.24. The topological polar surface area (TPSA) is 80.3 Å². The van der Waals surface area contributed by atoms with Gasteiger partial charge < -0.3 is 15.4 Å². The van der Waals surface area contributed by atoms with E-state index >= 15 is 0 Å². The summed E-state index contributed by atoms with van der Waals surface area (Å²) in [5.41, 5.74) is 1.01. The summed E-state index contributed by atoms with van der Waals surface area (Å²) >= 11 is 0. The van der Waals surface area contributed by atoms with Crippen LogP contribution in [0.1, 0.15) is 32.8 Å². The Kier molecular flexibility index (Phi) is 6.11. The van der Waals surface area contributed by atoms with E-state index in [4.69, 9.17) is 4.74 Å². The Balaban J connectivity index is 1.92. The van der Waals surface area contributed by atoms with E-state index in [1.54, 1.807) is 38.4 Å². The molecule has 1 aromatic carbocycles. The van der Waals surface area contributed by atoms with Gasteiger partial charge in [-0.25, -0.2) is 0 Å². The van der Waals surface area contributed by atoms with Crippen molar-refractivity contribution in [3.63, 3.8) is 0 Å². The lowest BCUT2D eigenvalue weighted by atomic mass is 10.00. The van der Waals surface area contributed by atoms with Gasteiger partial charge in [-0.1, -0.05) is 12.1 Å². The number of ether oxygens (including phenoxy) is 1. The van der Waals surface area contributed by atoms with Gasteiger partial charge in [-0.05, 0) is 32.0 Å². The van der Waals surface area contributed by atoms with Crippen LogP contribution in [-0.4, -0.2) is 22.3 Å². The number of pyridine rings is 1. The fourth-order valence-electron chi connectivity index (χ4n) is 2.44. The quantitative estimate of drug-likeness (QED) is 0.811. The van der Waals surface area contributed by atoms with Crippen molar-refractivity contribution in [2.75, 3.05) is 5.32 Å².